The van der Waals surface area contributed by atoms with Crippen molar-refractivity contribution in [2.45, 2.75) is 89.8 Å². The number of hydrazine groups is 2. The SMILES string of the molecule is CCCCCC(=O)N1Cc2ccccc2C2=C(c3ccccc31)N(CCOCCOCCOCCOCCC(=O)NCCCCCC(=O)N1C[C@H](O)C[C@H]1CO)NN2. The van der Waals surface area contributed by atoms with Gasteiger partial charge in [0.25, 0.3) is 0 Å². The predicted molar refractivity (Wildman–Crippen MR) is 221 cm³/mol. The molecule has 58 heavy (non-hydrogen) atoms. The fourth-order valence-electron chi connectivity index (χ4n) is 7.46. The molecule has 1 saturated heterocycles. The van der Waals surface area contributed by atoms with Gasteiger partial charge >= 0.3 is 0 Å². The Balaban J connectivity index is 0.892. The highest BCUT2D eigenvalue weighted by molar-refractivity contribution is 6.01. The number of unbranched alkanes of at least 4 members (excludes halogenated alkanes) is 4. The van der Waals surface area contributed by atoms with Crippen LogP contribution in [0.3, 0.4) is 0 Å². The van der Waals surface area contributed by atoms with Crippen LogP contribution in [0.15, 0.2) is 48.5 Å². The van der Waals surface area contributed by atoms with Crippen LogP contribution in [-0.4, -0.2) is 129 Å². The zero-order chi connectivity index (χ0) is 41.0. The molecule has 2 aromatic rings. The second kappa shape index (κ2) is 24.7. The Hall–Kier alpha value is -4.09. The third-order valence-corrected chi connectivity index (χ3v) is 10.5. The molecule has 0 spiro atoms. The van der Waals surface area contributed by atoms with Crippen LogP contribution in [-0.2, 0) is 39.9 Å². The van der Waals surface area contributed by atoms with E-state index in [-0.39, 0.29) is 43.3 Å². The van der Waals surface area contributed by atoms with E-state index in [4.69, 9.17) is 18.9 Å². The number of hydrogen-bond acceptors (Lipinski definition) is 12. The normalized spacial score (nSPS) is 17.4. The number of fused-ring (bicyclic) bond motifs is 4. The molecule has 320 valence electrons. The van der Waals surface area contributed by atoms with Crippen LogP contribution >= 0.6 is 0 Å². The van der Waals surface area contributed by atoms with Crippen molar-refractivity contribution in [3.63, 3.8) is 0 Å². The molecule has 3 heterocycles. The van der Waals surface area contributed by atoms with E-state index < -0.39 is 6.10 Å². The number of ether oxygens (including phenoxy) is 4. The summed E-state index contributed by atoms with van der Waals surface area (Å²) in [4.78, 5) is 41.6. The molecule has 0 aromatic heterocycles. The summed E-state index contributed by atoms with van der Waals surface area (Å²) in [5.74, 6) is 0.0205. The molecule has 2 aromatic carbocycles. The number of nitrogens with one attached hydrogen (secondary N) is 3. The number of carbonyl (C=O) groups excluding carboxylic acids is 3. The first-order chi connectivity index (χ1) is 28.4. The lowest BCUT2D eigenvalue weighted by atomic mass is 9.95. The van der Waals surface area contributed by atoms with E-state index in [1.165, 1.54) is 0 Å². The average molecular weight is 809 g/mol. The standard InChI is InChI=1S/C43H64N6O9/c1-2-3-5-16-41(54)48-30-33-12-7-8-13-36(33)42-43(37-14-9-10-15-38(37)48)49(46-45-42)20-22-56-24-26-58-28-27-57-25-23-55-21-18-39(52)44-19-11-4-6-17-40(53)47-31-35(51)29-34(47)32-50/h7-10,12-15,34-35,45-46,50-51H,2-6,11,16-32H2,1H3,(H,44,52)/t34-,35+/m0/s1. The molecule has 3 aliphatic rings. The van der Waals surface area contributed by atoms with Gasteiger partial charge < -0.3 is 49.7 Å². The quantitative estimate of drug-likeness (QED) is 0.0880. The van der Waals surface area contributed by atoms with Gasteiger partial charge in [-0.05, 0) is 37.3 Å². The number of aliphatic hydroxyl groups excluding tert-OH is 2. The third kappa shape index (κ3) is 13.5. The van der Waals surface area contributed by atoms with Gasteiger partial charge in [0.05, 0.1) is 102 Å². The lowest BCUT2D eigenvalue weighted by molar-refractivity contribution is -0.133. The number of para-hydroxylation sites is 1. The second-order valence-corrected chi connectivity index (χ2v) is 14.9. The molecule has 5 N–H and O–H groups in total. The fraction of sp³-hybridized carbons (Fsp3) is 0.605. The molecule has 5 rings (SSSR count). The first-order valence-corrected chi connectivity index (χ1v) is 21.1. The summed E-state index contributed by atoms with van der Waals surface area (Å²) in [5, 5.41) is 24.1. The minimum absolute atomic E-state index is 0.0400. The number of aliphatic hydroxyl groups is 2. The van der Waals surface area contributed by atoms with Crippen LogP contribution in [0.1, 0.15) is 87.8 Å². The fourth-order valence-corrected chi connectivity index (χ4v) is 7.46. The molecule has 3 aliphatic heterocycles. The summed E-state index contributed by atoms with van der Waals surface area (Å²) in [6.45, 7) is 7.23. The number of nitrogens with zero attached hydrogens (tertiary/aromatic N) is 3. The van der Waals surface area contributed by atoms with Gasteiger partial charge in [0, 0.05) is 43.5 Å². The molecule has 0 aliphatic carbocycles. The van der Waals surface area contributed by atoms with Gasteiger partial charge in [0.1, 0.15) is 0 Å². The molecule has 15 nitrogen and oxygen atoms in total. The van der Waals surface area contributed by atoms with Crippen LogP contribution in [0.4, 0.5) is 5.69 Å². The lowest BCUT2D eigenvalue weighted by Gasteiger charge is -2.31. The molecular formula is C43H64N6O9. The number of anilines is 1. The lowest BCUT2D eigenvalue weighted by Crippen LogP contribution is -2.39. The van der Waals surface area contributed by atoms with Crippen molar-refractivity contribution in [2.75, 3.05) is 84.0 Å². The maximum absolute atomic E-state index is 13.6. The van der Waals surface area contributed by atoms with Gasteiger partial charge in [-0.25, -0.2) is 0 Å². The van der Waals surface area contributed by atoms with Crippen molar-refractivity contribution < 1.29 is 43.5 Å². The van der Waals surface area contributed by atoms with Crippen molar-refractivity contribution in [3.05, 3.63) is 65.2 Å². The van der Waals surface area contributed by atoms with Crippen molar-refractivity contribution >= 4 is 34.8 Å². The maximum Gasteiger partial charge on any atom is 0.227 e. The summed E-state index contributed by atoms with van der Waals surface area (Å²) >= 11 is 0. The first kappa shape index (κ1) is 45.0. The zero-order valence-corrected chi connectivity index (χ0v) is 34.1. The number of benzene rings is 2. The highest BCUT2D eigenvalue weighted by atomic mass is 16.6. The molecule has 2 atom stereocenters. The first-order valence-electron chi connectivity index (χ1n) is 21.1. The molecule has 3 amide bonds. The molecule has 0 unspecified atom stereocenters. The Morgan fingerprint density at radius 2 is 1.43 bits per heavy atom. The van der Waals surface area contributed by atoms with Crippen LogP contribution < -0.4 is 21.2 Å². The average Bonchev–Trinajstić information content (AvgIpc) is 3.83. The number of amides is 3. The Labute approximate surface area is 342 Å². The maximum atomic E-state index is 13.6. The van der Waals surface area contributed by atoms with Gasteiger partial charge in [0.15, 0.2) is 0 Å². The number of carbonyl (C=O) groups is 3. The smallest absolute Gasteiger partial charge is 0.227 e. The molecule has 1 fully saturated rings. The van der Waals surface area contributed by atoms with Gasteiger partial charge in [-0.1, -0.05) is 68.7 Å². The van der Waals surface area contributed by atoms with E-state index in [9.17, 15) is 24.6 Å². The summed E-state index contributed by atoms with van der Waals surface area (Å²) < 4.78 is 22.7. The number of hydrogen-bond donors (Lipinski definition) is 5. The van der Waals surface area contributed by atoms with E-state index in [0.717, 1.165) is 65.9 Å². The van der Waals surface area contributed by atoms with Gasteiger partial charge in [-0.15, -0.1) is 5.53 Å². The van der Waals surface area contributed by atoms with Gasteiger partial charge in [0.2, 0.25) is 17.7 Å². The van der Waals surface area contributed by atoms with Crippen LogP contribution in [0.2, 0.25) is 0 Å². The minimum Gasteiger partial charge on any atom is -0.394 e. The van der Waals surface area contributed by atoms with Gasteiger partial charge in [-0.3, -0.25) is 19.4 Å². The third-order valence-electron chi connectivity index (χ3n) is 10.5. The van der Waals surface area contributed by atoms with Crippen LogP contribution in [0.25, 0.3) is 11.4 Å². The number of β-amino-alcohol motifs (C(OH)–C–C–N with tert-alkyl or cyclic N) is 1. The highest BCUT2D eigenvalue weighted by Crippen LogP contribution is 2.40. The molecule has 15 heteroatoms. The Morgan fingerprint density at radius 1 is 0.776 bits per heavy atom. The summed E-state index contributed by atoms with van der Waals surface area (Å²) in [7, 11) is 0. The molecular weight excluding hydrogens is 745 g/mol. The van der Waals surface area contributed by atoms with Gasteiger partial charge in [-0.2, -0.15) is 0 Å². The van der Waals surface area contributed by atoms with Crippen LogP contribution in [0, 0.1) is 0 Å². The van der Waals surface area contributed by atoms with E-state index in [1.54, 1.807) is 4.90 Å². The Morgan fingerprint density at radius 3 is 2.17 bits per heavy atom. The summed E-state index contributed by atoms with van der Waals surface area (Å²) in [6, 6.07) is 16.1. The molecule has 0 bridgehead atoms. The monoisotopic (exact) mass is 808 g/mol. The van der Waals surface area contributed by atoms with E-state index in [0.29, 0.717) is 98.2 Å². The number of rotatable bonds is 26. The van der Waals surface area contributed by atoms with E-state index in [1.807, 2.05) is 40.2 Å². The predicted octanol–water partition coefficient (Wildman–Crippen LogP) is 3.35. The summed E-state index contributed by atoms with van der Waals surface area (Å²) in [6.07, 6.45) is 6.29. The van der Waals surface area contributed by atoms with E-state index in [2.05, 4.69) is 41.4 Å². The molecule has 0 saturated carbocycles. The topological polar surface area (TPSA) is 174 Å². The van der Waals surface area contributed by atoms with Crippen molar-refractivity contribution in [2.24, 2.45) is 0 Å². The number of likely N-dealkylation sites (tertiary alicyclic amines) is 1. The Bertz CT molecular complexity index is 1630. The van der Waals surface area contributed by atoms with Crippen LogP contribution in [0.5, 0.6) is 0 Å². The summed E-state index contributed by atoms with van der Waals surface area (Å²) in [5.41, 5.74) is 12.7. The zero-order valence-electron chi connectivity index (χ0n) is 34.1. The van der Waals surface area contributed by atoms with Crippen molar-refractivity contribution in [1.29, 1.82) is 0 Å². The van der Waals surface area contributed by atoms with E-state index >= 15 is 0 Å². The minimum atomic E-state index is -0.563. The van der Waals surface area contributed by atoms with Crippen molar-refractivity contribution in [1.82, 2.24) is 26.2 Å². The molecule has 0 radical (unpaired) electrons. The highest BCUT2D eigenvalue weighted by Gasteiger charge is 2.34. The second-order valence-electron chi connectivity index (χ2n) is 14.9. The Kier molecular flexibility index (Phi) is 19.2. The van der Waals surface area contributed by atoms with Crippen molar-refractivity contribution in [3.8, 4) is 0 Å². The largest absolute Gasteiger partial charge is 0.394 e.